The topological polar surface area (TPSA) is 68.0 Å². The summed E-state index contributed by atoms with van der Waals surface area (Å²) in [6, 6.07) is 16.1. The van der Waals surface area contributed by atoms with Gasteiger partial charge in [-0.3, -0.25) is 0 Å². The predicted octanol–water partition coefficient (Wildman–Crippen LogP) is 4.99. The van der Waals surface area contributed by atoms with Crippen LogP contribution in [0, 0.1) is 0 Å². The van der Waals surface area contributed by atoms with E-state index in [1.54, 1.807) is 6.21 Å². The summed E-state index contributed by atoms with van der Waals surface area (Å²) in [6.07, 6.45) is 3.93. The number of benzene rings is 2. The number of para-hydroxylation sites is 1. The van der Waals surface area contributed by atoms with Gasteiger partial charge in [0.05, 0.1) is 11.7 Å². The highest BCUT2D eigenvalue weighted by atomic mass is 79.9. The zero-order valence-corrected chi connectivity index (χ0v) is 16.5. The standard InChI is InChI=1S/C20H19BrN6/c1-2-3-12-27-17-7-5-4-6-16(17)18-19(27)23-20(26-24-18)25-22-13-14-8-10-15(21)11-9-14/h4-11,13H,2-3,12H2,1H3,(H,23,25,26)/b22-13+. The molecule has 0 spiro atoms. The monoisotopic (exact) mass is 422 g/mol. The predicted molar refractivity (Wildman–Crippen MR) is 113 cm³/mol. The van der Waals surface area contributed by atoms with Crippen LogP contribution in [0.15, 0.2) is 58.1 Å². The van der Waals surface area contributed by atoms with Crippen LogP contribution >= 0.6 is 15.9 Å². The van der Waals surface area contributed by atoms with Crippen molar-refractivity contribution < 1.29 is 0 Å². The lowest BCUT2D eigenvalue weighted by atomic mass is 10.2. The number of hydrogen-bond acceptors (Lipinski definition) is 5. The summed E-state index contributed by atoms with van der Waals surface area (Å²) < 4.78 is 3.25. The number of halogens is 1. The Morgan fingerprint density at radius 1 is 1.11 bits per heavy atom. The van der Waals surface area contributed by atoms with E-state index in [1.165, 1.54) is 0 Å². The second-order valence-electron chi connectivity index (χ2n) is 6.25. The lowest BCUT2D eigenvalue weighted by Crippen LogP contribution is -2.03. The van der Waals surface area contributed by atoms with Crippen LogP contribution in [0.3, 0.4) is 0 Å². The van der Waals surface area contributed by atoms with E-state index in [0.717, 1.165) is 51.5 Å². The smallest absolute Gasteiger partial charge is 0.265 e. The highest BCUT2D eigenvalue weighted by Crippen LogP contribution is 2.26. The van der Waals surface area contributed by atoms with E-state index in [4.69, 9.17) is 0 Å². The van der Waals surface area contributed by atoms with Crippen molar-refractivity contribution in [3.05, 3.63) is 58.6 Å². The van der Waals surface area contributed by atoms with Gasteiger partial charge in [-0.25, -0.2) is 5.43 Å². The van der Waals surface area contributed by atoms with Gasteiger partial charge in [-0.15, -0.1) is 10.2 Å². The molecule has 2 aromatic carbocycles. The lowest BCUT2D eigenvalue weighted by molar-refractivity contribution is 0.660. The molecule has 0 saturated carbocycles. The number of hydrazone groups is 1. The van der Waals surface area contributed by atoms with Crippen LogP contribution in [0.5, 0.6) is 0 Å². The number of anilines is 1. The van der Waals surface area contributed by atoms with Gasteiger partial charge in [-0.1, -0.05) is 59.6 Å². The van der Waals surface area contributed by atoms with Gasteiger partial charge in [0.1, 0.15) is 5.52 Å². The third-order valence-electron chi connectivity index (χ3n) is 4.36. The van der Waals surface area contributed by atoms with Crippen LogP contribution in [0.25, 0.3) is 22.1 Å². The van der Waals surface area contributed by atoms with E-state index < -0.39 is 0 Å². The van der Waals surface area contributed by atoms with Crippen LogP contribution in [0.2, 0.25) is 0 Å². The molecule has 2 aromatic heterocycles. The minimum atomic E-state index is 0.386. The fourth-order valence-corrected chi connectivity index (χ4v) is 3.27. The second-order valence-corrected chi connectivity index (χ2v) is 7.17. The fraction of sp³-hybridized carbons (Fsp3) is 0.200. The Morgan fingerprint density at radius 2 is 1.93 bits per heavy atom. The minimum absolute atomic E-state index is 0.386. The molecule has 0 amide bonds. The fourth-order valence-electron chi connectivity index (χ4n) is 3.01. The normalized spacial score (nSPS) is 11.6. The Bertz CT molecular complexity index is 1100. The summed E-state index contributed by atoms with van der Waals surface area (Å²) in [6.45, 7) is 3.09. The van der Waals surface area contributed by atoms with Crippen molar-refractivity contribution in [2.45, 2.75) is 26.3 Å². The summed E-state index contributed by atoms with van der Waals surface area (Å²) in [7, 11) is 0. The van der Waals surface area contributed by atoms with Crippen LogP contribution in [0.4, 0.5) is 5.95 Å². The van der Waals surface area contributed by atoms with E-state index >= 15 is 0 Å². The molecule has 0 aliphatic rings. The van der Waals surface area contributed by atoms with Gasteiger partial charge in [0.15, 0.2) is 5.65 Å². The highest BCUT2D eigenvalue weighted by Gasteiger charge is 2.13. The number of aryl methyl sites for hydroxylation is 1. The molecule has 0 fully saturated rings. The first-order valence-electron chi connectivity index (χ1n) is 8.92. The zero-order valence-electron chi connectivity index (χ0n) is 14.9. The van der Waals surface area contributed by atoms with Gasteiger partial charge >= 0.3 is 0 Å². The molecule has 0 aliphatic heterocycles. The van der Waals surface area contributed by atoms with Crippen molar-refractivity contribution in [1.29, 1.82) is 0 Å². The third kappa shape index (κ3) is 3.68. The van der Waals surface area contributed by atoms with E-state index in [2.05, 4.69) is 65.3 Å². The highest BCUT2D eigenvalue weighted by molar-refractivity contribution is 9.10. The van der Waals surface area contributed by atoms with Gasteiger partial charge in [-0.2, -0.15) is 10.1 Å². The van der Waals surface area contributed by atoms with Crippen molar-refractivity contribution in [3.63, 3.8) is 0 Å². The molecule has 0 aliphatic carbocycles. The van der Waals surface area contributed by atoms with Crippen LogP contribution in [-0.2, 0) is 6.54 Å². The molecule has 0 atom stereocenters. The van der Waals surface area contributed by atoms with Crippen molar-refractivity contribution >= 4 is 50.2 Å². The molecule has 27 heavy (non-hydrogen) atoms. The number of nitrogens with zero attached hydrogens (tertiary/aromatic N) is 5. The zero-order chi connectivity index (χ0) is 18.6. The van der Waals surface area contributed by atoms with Crippen molar-refractivity contribution in [2.24, 2.45) is 5.10 Å². The summed E-state index contributed by atoms with van der Waals surface area (Å²) in [5.41, 5.74) is 6.67. The number of aromatic nitrogens is 4. The largest absolute Gasteiger partial charge is 0.324 e. The van der Waals surface area contributed by atoms with Gasteiger partial charge in [0.25, 0.3) is 5.95 Å². The molecule has 0 bridgehead atoms. The molecular weight excluding hydrogens is 404 g/mol. The first-order valence-corrected chi connectivity index (χ1v) is 9.72. The van der Waals surface area contributed by atoms with E-state index in [1.807, 2.05) is 36.4 Å². The molecular formula is C20H19BrN6. The minimum Gasteiger partial charge on any atom is -0.324 e. The number of rotatable bonds is 6. The van der Waals surface area contributed by atoms with E-state index in [0.29, 0.717) is 5.95 Å². The Kier molecular flexibility index (Phi) is 5.11. The molecule has 4 aromatic rings. The summed E-state index contributed by atoms with van der Waals surface area (Å²) in [5.74, 6) is 0.386. The Balaban J connectivity index is 1.66. The molecule has 1 N–H and O–H groups in total. The Labute approximate surface area is 165 Å². The van der Waals surface area contributed by atoms with E-state index in [-0.39, 0.29) is 0 Å². The average molecular weight is 423 g/mol. The second kappa shape index (κ2) is 7.84. The lowest BCUT2D eigenvalue weighted by Gasteiger charge is -2.05. The first-order chi connectivity index (χ1) is 13.3. The van der Waals surface area contributed by atoms with E-state index in [9.17, 15) is 0 Å². The third-order valence-corrected chi connectivity index (χ3v) is 4.89. The first kappa shape index (κ1) is 17.6. The molecule has 0 unspecified atom stereocenters. The average Bonchev–Trinajstić information content (AvgIpc) is 3.01. The van der Waals surface area contributed by atoms with Gasteiger partial charge in [0.2, 0.25) is 0 Å². The number of nitrogens with one attached hydrogen (secondary N) is 1. The molecule has 2 heterocycles. The molecule has 0 radical (unpaired) electrons. The van der Waals surface area contributed by atoms with Gasteiger partial charge < -0.3 is 4.57 Å². The van der Waals surface area contributed by atoms with Gasteiger partial charge in [0, 0.05) is 16.4 Å². The van der Waals surface area contributed by atoms with Crippen LogP contribution < -0.4 is 5.43 Å². The number of fused-ring (bicyclic) bond motifs is 3. The summed E-state index contributed by atoms with van der Waals surface area (Å²) in [5, 5.41) is 13.9. The van der Waals surface area contributed by atoms with Crippen molar-refractivity contribution in [3.8, 4) is 0 Å². The molecule has 0 saturated heterocycles. The summed E-state index contributed by atoms with van der Waals surface area (Å²) in [4.78, 5) is 4.67. The molecule has 7 heteroatoms. The molecule has 6 nitrogen and oxygen atoms in total. The number of hydrogen-bond donors (Lipinski definition) is 1. The maximum atomic E-state index is 4.67. The van der Waals surface area contributed by atoms with Crippen molar-refractivity contribution in [1.82, 2.24) is 19.7 Å². The Hall–Kier alpha value is -2.80. The van der Waals surface area contributed by atoms with Crippen LogP contribution in [0.1, 0.15) is 25.3 Å². The molecule has 4 rings (SSSR count). The Morgan fingerprint density at radius 3 is 2.74 bits per heavy atom. The maximum absolute atomic E-state index is 4.67. The number of unbranched alkanes of at least 4 members (excludes halogenated alkanes) is 1. The SMILES string of the molecule is CCCCn1c2ccccc2c2nnc(N/N=C/c3ccc(Br)cc3)nc21. The van der Waals surface area contributed by atoms with Gasteiger partial charge in [-0.05, 0) is 30.2 Å². The molecule has 136 valence electrons. The van der Waals surface area contributed by atoms with Crippen molar-refractivity contribution in [2.75, 3.05) is 5.43 Å². The quantitative estimate of drug-likeness (QED) is 0.351. The summed E-state index contributed by atoms with van der Waals surface area (Å²) >= 11 is 3.42. The van der Waals surface area contributed by atoms with Crippen LogP contribution in [-0.4, -0.2) is 26.0 Å². The maximum Gasteiger partial charge on any atom is 0.265 e.